The van der Waals surface area contributed by atoms with Gasteiger partial charge in [-0.2, -0.15) is 9.29 Å². The Kier molecular flexibility index (Phi) is 3.52. The van der Waals surface area contributed by atoms with Crippen LogP contribution in [0.4, 0.5) is 0 Å². The van der Waals surface area contributed by atoms with E-state index in [0.29, 0.717) is 34.9 Å². The molecule has 0 unspecified atom stereocenters. The molecule has 1 aliphatic rings. The van der Waals surface area contributed by atoms with Crippen LogP contribution in [0.1, 0.15) is 11.8 Å². The van der Waals surface area contributed by atoms with E-state index in [9.17, 15) is 8.42 Å². The average Bonchev–Trinajstić information content (AvgIpc) is 3.16. The summed E-state index contributed by atoms with van der Waals surface area (Å²) in [5.74, 6) is 1.16. The third kappa shape index (κ3) is 2.59. The Balaban J connectivity index is 1.47. The molecule has 7 nitrogen and oxygen atoms in total. The fraction of sp³-hybridized carbons (Fsp3) is 0.231. The van der Waals surface area contributed by atoms with Gasteiger partial charge in [0.2, 0.25) is 11.7 Å². The number of aromatic nitrogens is 2. The number of rotatable bonds is 4. The maximum Gasteiger partial charge on any atom is 0.252 e. The van der Waals surface area contributed by atoms with Crippen LogP contribution in [0.25, 0.3) is 11.6 Å². The predicted molar refractivity (Wildman–Crippen MR) is 82.8 cm³/mol. The van der Waals surface area contributed by atoms with Crippen molar-refractivity contribution in [1.82, 2.24) is 14.4 Å². The molecule has 3 aromatic rings. The zero-order chi connectivity index (χ0) is 16.0. The molecule has 120 valence electrons. The molecular formula is C13H10ClN3O4S2. The molecule has 0 amide bonds. The van der Waals surface area contributed by atoms with E-state index in [0.717, 1.165) is 11.3 Å². The molecule has 0 aliphatic carbocycles. The molecule has 0 N–H and O–H groups in total. The summed E-state index contributed by atoms with van der Waals surface area (Å²) in [6.45, 7) is 0.606. The van der Waals surface area contributed by atoms with Crippen LogP contribution in [0.2, 0.25) is 4.34 Å². The second-order valence-corrected chi connectivity index (χ2v) is 8.89. The third-order valence-corrected chi connectivity index (χ3v) is 7.05. The van der Waals surface area contributed by atoms with Crippen LogP contribution in [0.5, 0.6) is 0 Å². The van der Waals surface area contributed by atoms with Crippen LogP contribution in [-0.4, -0.2) is 36.0 Å². The van der Waals surface area contributed by atoms with Gasteiger partial charge < -0.3 is 8.94 Å². The van der Waals surface area contributed by atoms with Crippen LogP contribution < -0.4 is 0 Å². The van der Waals surface area contributed by atoms with E-state index in [4.69, 9.17) is 20.5 Å². The monoisotopic (exact) mass is 371 g/mol. The molecule has 0 saturated carbocycles. The maximum absolute atomic E-state index is 12.4. The van der Waals surface area contributed by atoms with E-state index >= 15 is 0 Å². The first-order valence-electron chi connectivity index (χ1n) is 6.67. The van der Waals surface area contributed by atoms with E-state index in [-0.39, 0.29) is 10.1 Å². The van der Waals surface area contributed by atoms with E-state index in [1.807, 2.05) is 0 Å². The van der Waals surface area contributed by atoms with Crippen LogP contribution >= 0.6 is 22.9 Å². The predicted octanol–water partition coefficient (Wildman–Crippen LogP) is 2.83. The number of furan rings is 1. The highest BCUT2D eigenvalue weighted by Crippen LogP contribution is 2.35. The Morgan fingerprint density at radius 2 is 2.13 bits per heavy atom. The van der Waals surface area contributed by atoms with Gasteiger partial charge >= 0.3 is 0 Å². The lowest BCUT2D eigenvalue weighted by Gasteiger charge is -2.35. The molecule has 0 aromatic carbocycles. The standard InChI is InChI=1S/C13H10ClN3O4S2/c14-10-3-4-11(22-10)23(18,19)17-6-8(7-17)13-15-12(16-21-13)9-2-1-5-20-9/h1-5,8H,6-7H2. The summed E-state index contributed by atoms with van der Waals surface area (Å²) in [5.41, 5.74) is 0. The molecule has 1 fully saturated rings. The summed E-state index contributed by atoms with van der Waals surface area (Å²) < 4.78 is 37.2. The lowest BCUT2D eigenvalue weighted by molar-refractivity contribution is 0.217. The molecular weight excluding hydrogens is 362 g/mol. The van der Waals surface area contributed by atoms with E-state index in [1.54, 1.807) is 18.2 Å². The summed E-state index contributed by atoms with van der Waals surface area (Å²) >= 11 is 6.85. The lowest BCUT2D eigenvalue weighted by atomic mass is 10.0. The Morgan fingerprint density at radius 3 is 2.78 bits per heavy atom. The van der Waals surface area contributed by atoms with Crippen molar-refractivity contribution in [2.24, 2.45) is 0 Å². The number of sulfonamides is 1. The molecule has 3 aromatic heterocycles. The second kappa shape index (κ2) is 5.45. The maximum atomic E-state index is 12.4. The normalized spacial score (nSPS) is 16.6. The molecule has 10 heteroatoms. The van der Waals surface area contributed by atoms with E-state index < -0.39 is 10.0 Å². The molecule has 0 radical (unpaired) electrons. The summed E-state index contributed by atoms with van der Waals surface area (Å²) in [6, 6.07) is 6.54. The minimum atomic E-state index is -3.50. The molecule has 1 saturated heterocycles. The molecule has 4 heterocycles. The number of halogens is 1. The fourth-order valence-electron chi connectivity index (χ4n) is 2.26. The summed E-state index contributed by atoms with van der Waals surface area (Å²) in [5, 5.41) is 3.85. The topological polar surface area (TPSA) is 89.4 Å². The van der Waals surface area contributed by atoms with Crippen molar-refractivity contribution in [2.45, 2.75) is 10.1 Å². The first kappa shape index (κ1) is 14.9. The highest BCUT2D eigenvalue weighted by atomic mass is 35.5. The average molecular weight is 372 g/mol. The lowest BCUT2D eigenvalue weighted by Crippen LogP contribution is -2.48. The van der Waals surface area contributed by atoms with Crippen molar-refractivity contribution >= 4 is 33.0 Å². The zero-order valence-electron chi connectivity index (χ0n) is 11.5. The Bertz CT molecular complexity index is 926. The van der Waals surface area contributed by atoms with Crippen molar-refractivity contribution in [3.05, 3.63) is 40.8 Å². The molecule has 1 aliphatic heterocycles. The van der Waals surface area contributed by atoms with Gasteiger partial charge in [-0.05, 0) is 24.3 Å². The van der Waals surface area contributed by atoms with Crippen molar-refractivity contribution in [3.63, 3.8) is 0 Å². The Labute approximate surface area is 140 Å². The number of hydrogen-bond donors (Lipinski definition) is 0. The van der Waals surface area contributed by atoms with Gasteiger partial charge in [-0.1, -0.05) is 16.8 Å². The van der Waals surface area contributed by atoms with Gasteiger partial charge in [0.1, 0.15) is 4.21 Å². The van der Waals surface area contributed by atoms with Crippen molar-refractivity contribution in [2.75, 3.05) is 13.1 Å². The Morgan fingerprint density at radius 1 is 1.30 bits per heavy atom. The van der Waals surface area contributed by atoms with Crippen molar-refractivity contribution in [1.29, 1.82) is 0 Å². The van der Waals surface area contributed by atoms with Crippen LogP contribution in [-0.2, 0) is 10.0 Å². The van der Waals surface area contributed by atoms with Gasteiger partial charge in [0.25, 0.3) is 10.0 Å². The third-order valence-electron chi connectivity index (χ3n) is 3.52. The van der Waals surface area contributed by atoms with E-state index in [2.05, 4.69) is 10.1 Å². The summed E-state index contributed by atoms with van der Waals surface area (Å²) in [7, 11) is -3.50. The first-order chi connectivity index (χ1) is 11.0. The fourth-order valence-corrected chi connectivity index (χ4v) is 5.43. The van der Waals surface area contributed by atoms with Crippen molar-refractivity contribution < 1.29 is 17.4 Å². The first-order valence-corrected chi connectivity index (χ1v) is 9.30. The molecule has 0 bridgehead atoms. The summed E-state index contributed by atoms with van der Waals surface area (Å²) in [6.07, 6.45) is 1.52. The van der Waals surface area contributed by atoms with Crippen LogP contribution in [0.15, 0.2) is 43.7 Å². The molecule has 23 heavy (non-hydrogen) atoms. The SMILES string of the molecule is O=S(=O)(c1ccc(Cl)s1)N1CC(c2nc(-c3ccco3)no2)C1. The van der Waals surface area contributed by atoms with Crippen molar-refractivity contribution in [3.8, 4) is 11.6 Å². The summed E-state index contributed by atoms with van der Waals surface area (Å²) in [4.78, 5) is 4.26. The highest BCUT2D eigenvalue weighted by molar-refractivity contribution is 7.91. The smallest absolute Gasteiger partial charge is 0.252 e. The zero-order valence-corrected chi connectivity index (χ0v) is 13.9. The second-order valence-electron chi connectivity index (χ2n) is 5.01. The molecule has 0 atom stereocenters. The van der Waals surface area contributed by atoms with Gasteiger partial charge in [0, 0.05) is 13.1 Å². The molecule has 4 rings (SSSR count). The van der Waals surface area contributed by atoms with Crippen LogP contribution in [0.3, 0.4) is 0 Å². The van der Waals surface area contributed by atoms with Gasteiger partial charge in [0.15, 0.2) is 5.76 Å². The minimum Gasteiger partial charge on any atom is -0.461 e. The number of hydrogen-bond acceptors (Lipinski definition) is 7. The molecule has 0 spiro atoms. The quantitative estimate of drug-likeness (QED) is 0.700. The Hall–Kier alpha value is -1.68. The van der Waals surface area contributed by atoms with Gasteiger partial charge in [-0.3, -0.25) is 0 Å². The number of thiophene rings is 1. The largest absolute Gasteiger partial charge is 0.461 e. The van der Waals surface area contributed by atoms with Gasteiger partial charge in [-0.15, -0.1) is 11.3 Å². The highest BCUT2D eigenvalue weighted by Gasteiger charge is 2.41. The van der Waals surface area contributed by atoms with Crippen LogP contribution in [0, 0.1) is 0 Å². The number of nitrogens with zero attached hydrogens (tertiary/aromatic N) is 3. The van der Waals surface area contributed by atoms with E-state index in [1.165, 1.54) is 16.6 Å². The van der Waals surface area contributed by atoms with Gasteiger partial charge in [-0.25, -0.2) is 8.42 Å². The minimum absolute atomic E-state index is 0.114. The van der Waals surface area contributed by atoms with Gasteiger partial charge in [0.05, 0.1) is 16.5 Å².